The quantitative estimate of drug-likeness (QED) is 0.820. The van der Waals surface area contributed by atoms with Crippen molar-refractivity contribution in [1.82, 2.24) is 0 Å². The van der Waals surface area contributed by atoms with Gasteiger partial charge in [0.1, 0.15) is 0 Å². The molecule has 0 saturated heterocycles. The Morgan fingerprint density at radius 1 is 1.41 bits per heavy atom. The normalized spacial score (nSPS) is 18.7. The Morgan fingerprint density at radius 2 is 2.18 bits per heavy atom. The molecular weight excluding hydrogens is 252 g/mol. The van der Waals surface area contributed by atoms with E-state index in [1.807, 2.05) is 18.2 Å². The summed E-state index contributed by atoms with van der Waals surface area (Å²) in [5.41, 5.74) is 2.16. The fourth-order valence-corrected chi connectivity index (χ4v) is 3.13. The van der Waals surface area contributed by atoms with Crippen LogP contribution >= 0.6 is 23.4 Å². The molecule has 1 aliphatic heterocycles. The maximum atomic E-state index is 6.16. The molecule has 0 saturated carbocycles. The lowest BCUT2D eigenvalue weighted by molar-refractivity contribution is 0.507. The molecule has 92 valence electrons. The molecule has 0 aliphatic carbocycles. The SMILES string of the molecule is Cc1ccc(Cl)c(NC2=NC(C)(C)CCS2)c1. The van der Waals surface area contributed by atoms with Gasteiger partial charge in [-0.25, -0.2) is 0 Å². The van der Waals surface area contributed by atoms with E-state index in [2.05, 4.69) is 26.1 Å². The lowest BCUT2D eigenvalue weighted by Gasteiger charge is -2.26. The van der Waals surface area contributed by atoms with Crippen LogP contribution < -0.4 is 5.32 Å². The van der Waals surface area contributed by atoms with Crippen molar-refractivity contribution in [3.63, 3.8) is 0 Å². The molecule has 0 aromatic heterocycles. The Balaban J connectivity index is 2.21. The molecule has 1 aromatic rings. The maximum Gasteiger partial charge on any atom is 0.161 e. The van der Waals surface area contributed by atoms with Gasteiger partial charge in [0, 0.05) is 5.75 Å². The Hall–Kier alpha value is -0.670. The summed E-state index contributed by atoms with van der Waals surface area (Å²) in [6.45, 7) is 6.37. The predicted octanol–water partition coefficient (Wildman–Crippen LogP) is 4.33. The summed E-state index contributed by atoms with van der Waals surface area (Å²) in [7, 11) is 0. The summed E-state index contributed by atoms with van der Waals surface area (Å²) >= 11 is 7.91. The van der Waals surface area contributed by atoms with Crippen LogP contribution in [0, 0.1) is 6.92 Å². The molecule has 1 aromatic carbocycles. The first kappa shape index (κ1) is 12.8. The molecule has 0 radical (unpaired) electrons. The van der Waals surface area contributed by atoms with Gasteiger partial charge in [-0.15, -0.1) is 0 Å². The second kappa shape index (κ2) is 4.91. The van der Waals surface area contributed by atoms with Crippen molar-refractivity contribution in [2.45, 2.75) is 32.7 Å². The summed E-state index contributed by atoms with van der Waals surface area (Å²) in [4.78, 5) is 4.69. The first-order valence-corrected chi connectivity index (χ1v) is 7.08. The van der Waals surface area contributed by atoms with E-state index in [0.29, 0.717) is 0 Å². The van der Waals surface area contributed by atoms with Crippen LogP contribution in [0.15, 0.2) is 23.2 Å². The van der Waals surface area contributed by atoms with Crippen LogP contribution in [-0.4, -0.2) is 16.5 Å². The minimum atomic E-state index is 0.0316. The molecule has 4 heteroatoms. The van der Waals surface area contributed by atoms with Gasteiger partial charge in [-0.3, -0.25) is 4.99 Å². The fourth-order valence-electron chi connectivity index (χ4n) is 1.67. The van der Waals surface area contributed by atoms with E-state index >= 15 is 0 Å². The van der Waals surface area contributed by atoms with Crippen LogP contribution in [-0.2, 0) is 0 Å². The second-order valence-electron chi connectivity index (χ2n) is 4.94. The highest BCUT2D eigenvalue weighted by molar-refractivity contribution is 8.14. The lowest BCUT2D eigenvalue weighted by Crippen LogP contribution is -2.27. The summed E-state index contributed by atoms with van der Waals surface area (Å²) in [5.74, 6) is 1.10. The maximum absolute atomic E-state index is 6.16. The van der Waals surface area contributed by atoms with Crippen molar-refractivity contribution in [2.75, 3.05) is 11.1 Å². The van der Waals surface area contributed by atoms with Crippen LogP contribution in [0.4, 0.5) is 5.69 Å². The molecule has 0 spiro atoms. The topological polar surface area (TPSA) is 24.4 Å². The number of rotatable bonds is 1. The average Bonchev–Trinajstić information content (AvgIpc) is 2.22. The Labute approximate surface area is 112 Å². The molecule has 0 bridgehead atoms. The molecule has 0 unspecified atom stereocenters. The first-order valence-electron chi connectivity index (χ1n) is 5.72. The number of halogens is 1. The summed E-state index contributed by atoms with van der Waals surface area (Å²) in [5, 5.41) is 5.03. The summed E-state index contributed by atoms with van der Waals surface area (Å²) in [6, 6.07) is 5.97. The first-order chi connectivity index (χ1) is 7.96. The smallest absolute Gasteiger partial charge is 0.161 e. The van der Waals surface area contributed by atoms with Crippen molar-refractivity contribution >= 4 is 34.2 Å². The van der Waals surface area contributed by atoms with E-state index in [1.165, 1.54) is 5.56 Å². The third-order valence-corrected chi connectivity index (χ3v) is 3.92. The molecule has 2 nitrogen and oxygen atoms in total. The lowest BCUT2D eigenvalue weighted by atomic mass is 10.0. The molecule has 0 fully saturated rings. The van der Waals surface area contributed by atoms with Crippen molar-refractivity contribution in [2.24, 2.45) is 4.99 Å². The molecule has 1 heterocycles. The van der Waals surface area contributed by atoms with E-state index in [4.69, 9.17) is 16.6 Å². The van der Waals surface area contributed by atoms with E-state index in [9.17, 15) is 0 Å². The van der Waals surface area contributed by atoms with Crippen LogP contribution in [0.2, 0.25) is 5.02 Å². The van der Waals surface area contributed by atoms with E-state index in [-0.39, 0.29) is 5.54 Å². The minimum Gasteiger partial charge on any atom is -0.334 e. The van der Waals surface area contributed by atoms with Gasteiger partial charge in [-0.05, 0) is 44.9 Å². The zero-order valence-electron chi connectivity index (χ0n) is 10.4. The van der Waals surface area contributed by atoms with Crippen molar-refractivity contribution in [3.05, 3.63) is 28.8 Å². The van der Waals surface area contributed by atoms with Crippen LogP contribution in [0.3, 0.4) is 0 Å². The van der Waals surface area contributed by atoms with Gasteiger partial charge in [0.25, 0.3) is 0 Å². The highest BCUT2D eigenvalue weighted by Gasteiger charge is 2.22. The Bertz CT molecular complexity index is 455. The van der Waals surface area contributed by atoms with E-state index < -0.39 is 0 Å². The van der Waals surface area contributed by atoms with E-state index in [0.717, 1.165) is 28.1 Å². The monoisotopic (exact) mass is 268 g/mol. The van der Waals surface area contributed by atoms with E-state index in [1.54, 1.807) is 11.8 Å². The van der Waals surface area contributed by atoms with Crippen molar-refractivity contribution in [1.29, 1.82) is 0 Å². The number of benzene rings is 1. The number of thioether (sulfide) groups is 1. The second-order valence-corrected chi connectivity index (χ2v) is 6.43. The van der Waals surface area contributed by atoms with Crippen LogP contribution in [0.5, 0.6) is 0 Å². The number of aryl methyl sites for hydroxylation is 1. The number of nitrogens with zero attached hydrogens (tertiary/aromatic N) is 1. The number of hydrogen-bond acceptors (Lipinski definition) is 3. The molecule has 0 amide bonds. The van der Waals surface area contributed by atoms with Gasteiger partial charge in [0.2, 0.25) is 0 Å². The van der Waals surface area contributed by atoms with Crippen LogP contribution in [0.25, 0.3) is 0 Å². The zero-order valence-corrected chi connectivity index (χ0v) is 12.0. The van der Waals surface area contributed by atoms with Crippen molar-refractivity contribution in [3.8, 4) is 0 Å². The minimum absolute atomic E-state index is 0.0316. The van der Waals surface area contributed by atoms with Gasteiger partial charge in [0.05, 0.1) is 16.2 Å². The Kier molecular flexibility index (Phi) is 3.69. The van der Waals surface area contributed by atoms with Gasteiger partial charge >= 0.3 is 0 Å². The van der Waals surface area contributed by atoms with Gasteiger partial charge in [-0.2, -0.15) is 0 Å². The third kappa shape index (κ3) is 3.39. The standard InChI is InChI=1S/C13H17ClN2S/c1-9-4-5-10(14)11(8-9)15-12-16-13(2,3)6-7-17-12/h4-5,8H,6-7H2,1-3H3,(H,15,16). The number of amidine groups is 1. The molecule has 17 heavy (non-hydrogen) atoms. The Morgan fingerprint density at radius 3 is 2.88 bits per heavy atom. The zero-order chi connectivity index (χ0) is 12.5. The third-order valence-electron chi connectivity index (χ3n) is 2.72. The fraction of sp³-hybridized carbons (Fsp3) is 0.462. The van der Waals surface area contributed by atoms with Gasteiger partial charge in [-0.1, -0.05) is 29.4 Å². The van der Waals surface area contributed by atoms with Crippen molar-refractivity contribution < 1.29 is 0 Å². The van der Waals surface area contributed by atoms with Gasteiger partial charge < -0.3 is 5.32 Å². The summed E-state index contributed by atoms with van der Waals surface area (Å²) in [6.07, 6.45) is 1.12. The number of hydrogen-bond donors (Lipinski definition) is 1. The molecular formula is C13H17ClN2S. The molecule has 0 atom stereocenters. The van der Waals surface area contributed by atoms with Gasteiger partial charge in [0.15, 0.2) is 5.17 Å². The number of aliphatic imine (C=N–C) groups is 1. The molecule has 1 aliphatic rings. The molecule has 1 N–H and O–H groups in total. The number of nitrogens with one attached hydrogen (secondary N) is 1. The predicted molar refractivity (Wildman–Crippen MR) is 78.4 cm³/mol. The molecule has 2 rings (SSSR count). The highest BCUT2D eigenvalue weighted by Crippen LogP contribution is 2.29. The average molecular weight is 269 g/mol. The summed E-state index contributed by atoms with van der Waals surface area (Å²) < 4.78 is 0. The number of anilines is 1. The largest absolute Gasteiger partial charge is 0.334 e. The van der Waals surface area contributed by atoms with Crippen LogP contribution in [0.1, 0.15) is 25.8 Å². The highest BCUT2D eigenvalue weighted by atomic mass is 35.5.